The van der Waals surface area contributed by atoms with E-state index in [1.165, 1.54) is 30.1 Å². The fraction of sp³-hybridized carbons (Fsp3) is 0.333. The maximum atomic E-state index is 13.1. The number of carbonyl (C=O) groups is 1. The molecule has 22 heavy (non-hydrogen) atoms. The molecule has 0 radical (unpaired) electrons. The summed E-state index contributed by atoms with van der Waals surface area (Å²) in [6.45, 7) is 2.50. The quantitative estimate of drug-likeness (QED) is 0.828. The zero-order valence-electron chi connectivity index (χ0n) is 12.5. The number of benzene rings is 1. The van der Waals surface area contributed by atoms with Crippen LogP contribution in [-0.2, 0) is 0 Å². The van der Waals surface area contributed by atoms with Crippen LogP contribution in [0.25, 0.3) is 5.69 Å². The van der Waals surface area contributed by atoms with E-state index in [1.54, 1.807) is 21.6 Å². The summed E-state index contributed by atoms with van der Waals surface area (Å²) in [5, 5.41) is 9.72. The summed E-state index contributed by atoms with van der Waals surface area (Å²) in [6, 6.07) is 5.91. The van der Waals surface area contributed by atoms with Crippen molar-refractivity contribution in [2.45, 2.75) is 12.1 Å². The Labute approximate surface area is 132 Å². The van der Waals surface area contributed by atoms with Gasteiger partial charge in [0.05, 0.1) is 12.8 Å². The number of hydrogen-bond acceptors (Lipinski definition) is 4. The Hall–Kier alpha value is -1.86. The topological polar surface area (TPSA) is 58.4 Å². The summed E-state index contributed by atoms with van der Waals surface area (Å²) in [5.41, 5.74) is 1.07. The normalized spacial score (nSPS) is 10.7. The van der Waals surface area contributed by atoms with Crippen molar-refractivity contribution in [3.05, 3.63) is 42.0 Å². The molecule has 0 saturated heterocycles. The SMILES string of the molecule is CCN(CCO)C(=O)c1cnc(SC)n1-c1ccc(F)cc1. The van der Waals surface area contributed by atoms with E-state index in [2.05, 4.69) is 4.98 Å². The van der Waals surface area contributed by atoms with Gasteiger partial charge in [0.15, 0.2) is 5.16 Å². The number of aliphatic hydroxyl groups excluding tert-OH is 1. The summed E-state index contributed by atoms with van der Waals surface area (Å²) >= 11 is 1.40. The molecule has 0 atom stereocenters. The zero-order valence-corrected chi connectivity index (χ0v) is 13.3. The minimum atomic E-state index is -0.335. The number of halogens is 1. The molecule has 0 spiro atoms. The Morgan fingerprint density at radius 2 is 2.09 bits per heavy atom. The predicted octanol–water partition coefficient (Wildman–Crippen LogP) is 2.19. The van der Waals surface area contributed by atoms with Gasteiger partial charge in [0.2, 0.25) is 0 Å². The van der Waals surface area contributed by atoms with Gasteiger partial charge in [-0.3, -0.25) is 9.36 Å². The van der Waals surface area contributed by atoms with Gasteiger partial charge in [-0.05, 0) is 37.4 Å². The Kier molecular flexibility index (Phi) is 5.57. The molecule has 1 amide bonds. The summed E-state index contributed by atoms with van der Waals surface area (Å²) in [7, 11) is 0. The Morgan fingerprint density at radius 1 is 1.41 bits per heavy atom. The Bertz CT molecular complexity index is 643. The van der Waals surface area contributed by atoms with Crippen molar-refractivity contribution in [1.82, 2.24) is 14.5 Å². The fourth-order valence-corrected chi connectivity index (χ4v) is 2.70. The molecule has 2 aromatic rings. The molecule has 0 aliphatic rings. The standard InChI is InChI=1S/C15H18FN3O2S/c1-3-18(8-9-20)14(21)13-10-17-15(22-2)19(13)12-6-4-11(16)5-7-12/h4-7,10,20H,3,8-9H2,1-2H3. The number of nitrogens with zero attached hydrogens (tertiary/aromatic N) is 3. The fourth-order valence-electron chi connectivity index (χ4n) is 2.16. The van der Waals surface area contributed by atoms with Crippen LogP contribution in [0.5, 0.6) is 0 Å². The van der Waals surface area contributed by atoms with E-state index in [0.717, 1.165) is 0 Å². The van der Waals surface area contributed by atoms with Gasteiger partial charge in [0.1, 0.15) is 11.5 Å². The van der Waals surface area contributed by atoms with Crippen LogP contribution in [0, 0.1) is 5.82 Å². The highest BCUT2D eigenvalue weighted by atomic mass is 32.2. The molecule has 5 nitrogen and oxygen atoms in total. The minimum Gasteiger partial charge on any atom is -0.395 e. The highest BCUT2D eigenvalue weighted by Gasteiger charge is 2.21. The van der Waals surface area contributed by atoms with Crippen LogP contribution in [0.1, 0.15) is 17.4 Å². The van der Waals surface area contributed by atoms with Crippen LogP contribution in [0.4, 0.5) is 4.39 Å². The number of likely N-dealkylation sites (N-methyl/N-ethyl adjacent to an activating group) is 1. The predicted molar refractivity (Wildman–Crippen MR) is 84.0 cm³/mol. The molecule has 118 valence electrons. The van der Waals surface area contributed by atoms with E-state index < -0.39 is 0 Å². The van der Waals surface area contributed by atoms with Crippen LogP contribution in [0.15, 0.2) is 35.6 Å². The smallest absolute Gasteiger partial charge is 0.272 e. The third-order valence-corrected chi connectivity index (χ3v) is 3.91. The number of carbonyl (C=O) groups excluding carboxylic acids is 1. The van der Waals surface area contributed by atoms with Gasteiger partial charge < -0.3 is 10.0 Å². The largest absolute Gasteiger partial charge is 0.395 e. The average Bonchev–Trinajstić information content (AvgIpc) is 2.96. The molecule has 0 saturated carbocycles. The number of hydrogen-bond donors (Lipinski definition) is 1. The summed E-state index contributed by atoms with van der Waals surface area (Å²) in [6.07, 6.45) is 3.37. The van der Waals surface area contributed by atoms with E-state index in [4.69, 9.17) is 5.11 Å². The number of rotatable bonds is 6. The number of aromatic nitrogens is 2. The van der Waals surface area contributed by atoms with E-state index in [0.29, 0.717) is 23.1 Å². The lowest BCUT2D eigenvalue weighted by molar-refractivity contribution is 0.0723. The lowest BCUT2D eigenvalue weighted by Crippen LogP contribution is -2.34. The zero-order chi connectivity index (χ0) is 16.1. The van der Waals surface area contributed by atoms with E-state index in [-0.39, 0.29) is 24.9 Å². The number of thioether (sulfide) groups is 1. The van der Waals surface area contributed by atoms with Crippen molar-refractivity contribution < 1.29 is 14.3 Å². The van der Waals surface area contributed by atoms with Crippen molar-refractivity contribution in [3.8, 4) is 5.69 Å². The molecule has 0 aliphatic carbocycles. The van der Waals surface area contributed by atoms with E-state index in [1.807, 2.05) is 13.2 Å². The summed E-state index contributed by atoms with van der Waals surface area (Å²) in [4.78, 5) is 18.4. The second kappa shape index (κ2) is 7.42. The van der Waals surface area contributed by atoms with Gasteiger partial charge in [0.25, 0.3) is 5.91 Å². The molecule has 1 heterocycles. The molecule has 2 rings (SSSR count). The van der Waals surface area contributed by atoms with Gasteiger partial charge in [-0.25, -0.2) is 9.37 Å². The van der Waals surface area contributed by atoms with Gasteiger partial charge in [0, 0.05) is 18.8 Å². The second-order valence-electron chi connectivity index (χ2n) is 4.55. The maximum Gasteiger partial charge on any atom is 0.272 e. The molecular formula is C15H18FN3O2S. The highest BCUT2D eigenvalue weighted by Crippen LogP contribution is 2.23. The van der Waals surface area contributed by atoms with E-state index in [9.17, 15) is 9.18 Å². The van der Waals surface area contributed by atoms with Crippen LogP contribution < -0.4 is 0 Å². The molecular weight excluding hydrogens is 305 g/mol. The van der Waals surface area contributed by atoms with Crippen molar-refractivity contribution in [2.24, 2.45) is 0 Å². The minimum absolute atomic E-state index is 0.0976. The van der Waals surface area contributed by atoms with Crippen molar-refractivity contribution in [1.29, 1.82) is 0 Å². The average molecular weight is 323 g/mol. The number of aliphatic hydroxyl groups is 1. The molecule has 1 aromatic heterocycles. The molecule has 0 unspecified atom stereocenters. The van der Waals surface area contributed by atoms with Crippen molar-refractivity contribution in [3.63, 3.8) is 0 Å². The van der Waals surface area contributed by atoms with Gasteiger partial charge >= 0.3 is 0 Å². The molecule has 0 bridgehead atoms. The lowest BCUT2D eigenvalue weighted by Gasteiger charge is -2.20. The van der Waals surface area contributed by atoms with Crippen molar-refractivity contribution >= 4 is 17.7 Å². The van der Waals surface area contributed by atoms with Gasteiger partial charge in [-0.15, -0.1) is 0 Å². The molecule has 7 heteroatoms. The molecule has 0 aliphatic heterocycles. The second-order valence-corrected chi connectivity index (χ2v) is 5.32. The number of amides is 1. The van der Waals surface area contributed by atoms with Crippen LogP contribution in [0.2, 0.25) is 0 Å². The van der Waals surface area contributed by atoms with Crippen LogP contribution in [0.3, 0.4) is 0 Å². The molecule has 1 N–H and O–H groups in total. The third-order valence-electron chi connectivity index (χ3n) is 3.25. The molecule has 0 fully saturated rings. The Balaban J connectivity index is 2.47. The summed E-state index contributed by atoms with van der Waals surface area (Å²) < 4.78 is 14.8. The first-order chi connectivity index (χ1) is 10.6. The highest BCUT2D eigenvalue weighted by molar-refractivity contribution is 7.98. The summed E-state index contributed by atoms with van der Waals surface area (Å²) in [5.74, 6) is -0.549. The van der Waals surface area contributed by atoms with E-state index >= 15 is 0 Å². The molecule has 1 aromatic carbocycles. The first-order valence-electron chi connectivity index (χ1n) is 6.90. The Morgan fingerprint density at radius 3 is 2.64 bits per heavy atom. The third kappa shape index (κ3) is 3.31. The van der Waals surface area contributed by atoms with Gasteiger partial charge in [-0.2, -0.15) is 0 Å². The van der Waals surface area contributed by atoms with Crippen LogP contribution >= 0.6 is 11.8 Å². The lowest BCUT2D eigenvalue weighted by atomic mass is 10.3. The maximum absolute atomic E-state index is 13.1. The van der Waals surface area contributed by atoms with Crippen molar-refractivity contribution in [2.75, 3.05) is 26.0 Å². The van der Waals surface area contributed by atoms with Gasteiger partial charge in [-0.1, -0.05) is 11.8 Å². The number of imidazole rings is 1. The first-order valence-corrected chi connectivity index (χ1v) is 8.12. The first kappa shape index (κ1) is 16.5. The monoisotopic (exact) mass is 323 g/mol. The van der Waals surface area contributed by atoms with Crippen LogP contribution in [-0.4, -0.2) is 51.4 Å².